The number of amides is 1. The Hall–Kier alpha value is -2.34. The molecule has 2 heterocycles. The van der Waals surface area contributed by atoms with Crippen molar-refractivity contribution < 1.29 is 14.7 Å². The molecule has 2 aromatic rings. The van der Waals surface area contributed by atoms with Crippen LogP contribution in [0.25, 0.3) is 0 Å². The van der Waals surface area contributed by atoms with Crippen LogP contribution in [-0.4, -0.2) is 22.0 Å². The van der Waals surface area contributed by atoms with Gasteiger partial charge in [0.15, 0.2) is 0 Å². The van der Waals surface area contributed by atoms with Crippen LogP contribution in [0.15, 0.2) is 46.5 Å². The van der Waals surface area contributed by atoms with E-state index in [2.05, 4.69) is 10.3 Å². The van der Waals surface area contributed by atoms with E-state index in [1.165, 1.54) is 23.9 Å². The number of carboxylic acids is 1. The molecule has 0 spiro atoms. The van der Waals surface area contributed by atoms with Crippen LogP contribution in [0.1, 0.15) is 20.7 Å². The molecule has 1 aliphatic rings. The molecule has 0 saturated carbocycles. The first-order valence-electron chi connectivity index (χ1n) is 5.46. The second kappa shape index (κ2) is 4.40. The van der Waals surface area contributed by atoms with Crippen molar-refractivity contribution >= 4 is 29.3 Å². The topological polar surface area (TPSA) is 79.3 Å². The lowest BCUT2D eigenvalue weighted by atomic mass is 10.2. The van der Waals surface area contributed by atoms with Crippen LogP contribution in [0.4, 0.5) is 5.69 Å². The van der Waals surface area contributed by atoms with Gasteiger partial charge < -0.3 is 10.4 Å². The van der Waals surface area contributed by atoms with E-state index in [9.17, 15) is 9.59 Å². The molecule has 0 atom stereocenters. The van der Waals surface area contributed by atoms with Crippen LogP contribution in [0, 0.1) is 0 Å². The van der Waals surface area contributed by atoms with Crippen LogP contribution in [0.2, 0.25) is 0 Å². The summed E-state index contributed by atoms with van der Waals surface area (Å²) in [6.07, 6.45) is 3.18. The molecule has 0 fully saturated rings. The van der Waals surface area contributed by atoms with E-state index in [0.717, 1.165) is 9.79 Å². The fraction of sp³-hybridized carbons (Fsp3) is 0. The maximum absolute atomic E-state index is 12.0. The number of carbonyl (C=O) groups is 2. The molecule has 1 amide bonds. The third-order valence-electron chi connectivity index (χ3n) is 2.72. The van der Waals surface area contributed by atoms with Crippen LogP contribution in [0.5, 0.6) is 0 Å². The van der Waals surface area contributed by atoms with Gasteiger partial charge in [0.2, 0.25) is 0 Å². The monoisotopic (exact) mass is 272 g/mol. The van der Waals surface area contributed by atoms with E-state index in [-0.39, 0.29) is 11.5 Å². The Balaban J connectivity index is 2.12. The minimum absolute atomic E-state index is 0.142. The van der Waals surface area contributed by atoms with E-state index in [0.29, 0.717) is 11.3 Å². The van der Waals surface area contributed by atoms with Crippen molar-refractivity contribution in [3.05, 3.63) is 47.8 Å². The molecule has 19 heavy (non-hydrogen) atoms. The number of nitrogens with one attached hydrogen (secondary N) is 1. The molecular formula is C13H8N2O3S. The van der Waals surface area contributed by atoms with Gasteiger partial charge in [-0.25, -0.2) is 4.79 Å². The largest absolute Gasteiger partial charge is 0.478 e. The van der Waals surface area contributed by atoms with Crippen molar-refractivity contribution in [3.63, 3.8) is 0 Å². The van der Waals surface area contributed by atoms with E-state index in [4.69, 9.17) is 5.11 Å². The van der Waals surface area contributed by atoms with Crippen molar-refractivity contribution in [2.75, 3.05) is 5.32 Å². The predicted octanol–water partition coefficient (Wildman–Crippen LogP) is 2.50. The van der Waals surface area contributed by atoms with Crippen molar-refractivity contribution in [2.45, 2.75) is 9.79 Å². The molecule has 6 heteroatoms. The van der Waals surface area contributed by atoms with Crippen LogP contribution in [-0.2, 0) is 0 Å². The highest BCUT2D eigenvalue weighted by molar-refractivity contribution is 7.99. The first-order chi connectivity index (χ1) is 9.15. The Bertz CT molecular complexity index is 700. The summed E-state index contributed by atoms with van der Waals surface area (Å²) in [7, 11) is 0. The van der Waals surface area contributed by atoms with Gasteiger partial charge in [0.25, 0.3) is 5.91 Å². The number of benzene rings is 1. The Kier molecular flexibility index (Phi) is 2.72. The second-order valence-corrected chi connectivity index (χ2v) is 5.03. The number of nitrogens with zero attached hydrogens (tertiary/aromatic N) is 1. The summed E-state index contributed by atoms with van der Waals surface area (Å²) in [4.78, 5) is 28.5. The molecule has 1 aromatic heterocycles. The predicted molar refractivity (Wildman–Crippen MR) is 69.7 cm³/mol. The van der Waals surface area contributed by atoms with Crippen LogP contribution >= 0.6 is 11.8 Å². The number of anilines is 1. The molecule has 2 N–H and O–H groups in total. The second-order valence-electron chi connectivity index (χ2n) is 3.94. The van der Waals surface area contributed by atoms with Crippen LogP contribution in [0.3, 0.4) is 0 Å². The van der Waals surface area contributed by atoms with Gasteiger partial charge in [0, 0.05) is 22.2 Å². The van der Waals surface area contributed by atoms with Gasteiger partial charge in [-0.05, 0) is 24.3 Å². The van der Waals surface area contributed by atoms with Gasteiger partial charge in [-0.3, -0.25) is 9.78 Å². The summed E-state index contributed by atoms with van der Waals surface area (Å²) in [5, 5.41) is 11.7. The smallest absolute Gasteiger partial charge is 0.335 e. The van der Waals surface area contributed by atoms with Gasteiger partial charge >= 0.3 is 5.97 Å². The number of hydrogen-bond acceptors (Lipinski definition) is 4. The summed E-state index contributed by atoms with van der Waals surface area (Å²) < 4.78 is 0. The minimum atomic E-state index is -1.02. The van der Waals surface area contributed by atoms with E-state index in [1.54, 1.807) is 24.5 Å². The first kappa shape index (κ1) is 11.7. The molecule has 5 nitrogen and oxygen atoms in total. The van der Waals surface area contributed by atoms with Gasteiger partial charge in [-0.1, -0.05) is 11.8 Å². The van der Waals surface area contributed by atoms with Crippen molar-refractivity contribution in [2.24, 2.45) is 0 Å². The zero-order chi connectivity index (χ0) is 13.4. The number of hydrogen-bond donors (Lipinski definition) is 2. The molecule has 94 valence electrons. The molecule has 0 radical (unpaired) electrons. The van der Waals surface area contributed by atoms with Gasteiger partial charge in [-0.2, -0.15) is 0 Å². The zero-order valence-electron chi connectivity index (χ0n) is 9.58. The minimum Gasteiger partial charge on any atom is -0.478 e. The highest BCUT2D eigenvalue weighted by Gasteiger charge is 2.20. The molecule has 0 aliphatic carbocycles. The molecule has 1 aromatic carbocycles. The lowest BCUT2D eigenvalue weighted by molar-refractivity contribution is 0.0696. The number of pyridine rings is 1. The van der Waals surface area contributed by atoms with Crippen molar-refractivity contribution in [1.82, 2.24) is 4.98 Å². The average Bonchev–Trinajstić information content (AvgIpc) is 2.54. The summed E-state index contributed by atoms with van der Waals surface area (Å²) in [5.41, 5.74) is 1.18. The quantitative estimate of drug-likeness (QED) is 0.833. The number of carbonyl (C=O) groups excluding carboxylic acids is 1. The Labute approximate surface area is 112 Å². The standard InChI is InChI=1S/C13H8N2O3S/c16-12-8-3-4-14-6-11(8)19-10-2-1-7(13(17)18)5-9(10)15-12/h1-6H,(H,15,16)(H,17,18). The fourth-order valence-corrected chi connectivity index (χ4v) is 2.78. The SMILES string of the molecule is O=C(O)c1ccc2c(c1)NC(=O)c1ccncc1S2. The molecular weight excluding hydrogens is 264 g/mol. The molecule has 0 unspecified atom stereocenters. The number of fused-ring (bicyclic) bond motifs is 2. The lowest BCUT2D eigenvalue weighted by Gasteiger charge is -2.06. The molecule has 1 aliphatic heterocycles. The summed E-state index contributed by atoms with van der Waals surface area (Å²) in [5.74, 6) is -1.28. The number of carboxylic acid groups (broad SMARTS) is 1. The third-order valence-corrected chi connectivity index (χ3v) is 3.84. The summed E-state index contributed by atoms with van der Waals surface area (Å²) >= 11 is 1.39. The number of rotatable bonds is 1. The van der Waals surface area contributed by atoms with Gasteiger partial charge in [-0.15, -0.1) is 0 Å². The Morgan fingerprint density at radius 1 is 1.26 bits per heavy atom. The van der Waals surface area contributed by atoms with Crippen molar-refractivity contribution in [3.8, 4) is 0 Å². The lowest BCUT2D eigenvalue weighted by Crippen LogP contribution is -2.12. The normalized spacial score (nSPS) is 12.9. The molecule has 3 rings (SSSR count). The Morgan fingerprint density at radius 2 is 2.11 bits per heavy atom. The summed E-state index contributed by atoms with van der Waals surface area (Å²) in [6, 6.07) is 6.30. The summed E-state index contributed by atoms with van der Waals surface area (Å²) in [6.45, 7) is 0. The maximum Gasteiger partial charge on any atom is 0.335 e. The number of aromatic carboxylic acids is 1. The van der Waals surface area contributed by atoms with E-state index >= 15 is 0 Å². The van der Waals surface area contributed by atoms with Gasteiger partial charge in [0.05, 0.1) is 16.8 Å². The fourth-order valence-electron chi connectivity index (χ4n) is 1.81. The van der Waals surface area contributed by atoms with Gasteiger partial charge in [0.1, 0.15) is 0 Å². The van der Waals surface area contributed by atoms with E-state index < -0.39 is 5.97 Å². The first-order valence-corrected chi connectivity index (χ1v) is 6.27. The maximum atomic E-state index is 12.0. The highest BCUT2D eigenvalue weighted by atomic mass is 32.2. The molecule has 0 bridgehead atoms. The highest BCUT2D eigenvalue weighted by Crippen LogP contribution is 2.38. The number of aromatic nitrogens is 1. The Morgan fingerprint density at radius 3 is 2.89 bits per heavy atom. The van der Waals surface area contributed by atoms with Crippen molar-refractivity contribution in [1.29, 1.82) is 0 Å². The van der Waals surface area contributed by atoms with Crippen LogP contribution < -0.4 is 5.32 Å². The molecule has 0 saturated heterocycles. The zero-order valence-corrected chi connectivity index (χ0v) is 10.4. The van der Waals surface area contributed by atoms with E-state index in [1.807, 2.05) is 0 Å². The average molecular weight is 272 g/mol. The third kappa shape index (κ3) is 2.06.